The number of carbonyl (C=O) groups excluding carboxylic acids is 1. The molecule has 1 saturated carbocycles. The monoisotopic (exact) mass is 237 g/mol. The first-order chi connectivity index (χ1) is 7.98. The molecule has 1 heterocycles. The van der Waals surface area contributed by atoms with Crippen molar-refractivity contribution in [1.82, 2.24) is 5.32 Å². The van der Waals surface area contributed by atoms with E-state index in [1.807, 2.05) is 6.92 Å². The topological polar surface area (TPSA) is 38.3 Å². The molecule has 1 atom stereocenters. The zero-order chi connectivity index (χ0) is 12.5. The SMILES string of the molecule is CC(C(=O)NC1CCOC(C)(C)C1)=C1CCC1. The summed E-state index contributed by atoms with van der Waals surface area (Å²) in [5.74, 6) is 0.127. The minimum Gasteiger partial charge on any atom is -0.375 e. The van der Waals surface area contributed by atoms with E-state index in [9.17, 15) is 4.79 Å². The summed E-state index contributed by atoms with van der Waals surface area (Å²) >= 11 is 0. The molecule has 0 aromatic carbocycles. The van der Waals surface area contributed by atoms with Gasteiger partial charge in [0.2, 0.25) is 5.91 Å². The molecule has 2 fully saturated rings. The molecule has 0 spiro atoms. The fourth-order valence-corrected chi connectivity index (χ4v) is 2.54. The zero-order valence-corrected chi connectivity index (χ0v) is 11.1. The van der Waals surface area contributed by atoms with E-state index in [0.717, 1.165) is 37.9 Å². The summed E-state index contributed by atoms with van der Waals surface area (Å²) in [5.41, 5.74) is 2.18. The smallest absolute Gasteiger partial charge is 0.247 e. The minimum atomic E-state index is -0.103. The molecule has 2 aliphatic rings. The van der Waals surface area contributed by atoms with Crippen LogP contribution in [-0.2, 0) is 9.53 Å². The molecule has 1 N–H and O–H groups in total. The molecule has 3 nitrogen and oxygen atoms in total. The summed E-state index contributed by atoms with van der Waals surface area (Å²) in [4.78, 5) is 12.0. The van der Waals surface area contributed by atoms with Crippen LogP contribution in [0.15, 0.2) is 11.1 Å². The third-order valence-electron chi connectivity index (χ3n) is 3.86. The lowest BCUT2D eigenvalue weighted by atomic mass is 9.87. The van der Waals surface area contributed by atoms with Gasteiger partial charge in [0, 0.05) is 18.2 Å². The number of nitrogens with one attached hydrogen (secondary N) is 1. The maximum atomic E-state index is 12.0. The number of hydrogen-bond acceptors (Lipinski definition) is 2. The number of allylic oxidation sites excluding steroid dienone is 1. The van der Waals surface area contributed by atoms with Crippen LogP contribution in [0.5, 0.6) is 0 Å². The highest BCUT2D eigenvalue weighted by atomic mass is 16.5. The Kier molecular flexibility index (Phi) is 3.57. The standard InChI is InChI=1S/C14H23NO2/c1-10(11-5-4-6-11)13(16)15-12-7-8-17-14(2,3)9-12/h12H,4-9H2,1-3H3,(H,15,16). The number of carbonyl (C=O) groups is 1. The van der Waals surface area contributed by atoms with Crippen molar-refractivity contribution < 1.29 is 9.53 Å². The van der Waals surface area contributed by atoms with Crippen LogP contribution in [0.3, 0.4) is 0 Å². The lowest BCUT2D eigenvalue weighted by Gasteiger charge is -2.36. The van der Waals surface area contributed by atoms with Gasteiger partial charge in [0.05, 0.1) is 5.60 Å². The van der Waals surface area contributed by atoms with Gasteiger partial charge in [0.1, 0.15) is 0 Å². The third-order valence-corrected chi connectivity index (χ3v) is 3.86. The van der Waals surface area contributed by atoms with Gasteiger partial charge in [-0.25, -0.2) is 0 Å². The summed E-state index contributed by atoms with van der Waals surface area (Å²) in [6.45, 7) is 6.87. The highest BCUT2D eigenvalue weighted by Gasteiger charge is 2.30. The van der Waals surface area contributed by atoms with Crippen molar-refractivity contribution in [2.24, 2.45) is 0 Å². The van der Waals surface area contributed by atoms with Crippen LogP contribution >= 0.6 is 0 Å². The van der Waals surface area contributed by atoms with Crippen LogP contribution < -0.4 is 5.32 Å². The number of ether oxygens (including phenoxy) is 1. The van der Waals surface area contributed by atoms with Crippen LogP contribution in [0.2, 0.25) is 0 Å². The molecule has 1 saturated heterocycles. The summed E-state index contributed by atoms with van der Waals surface area (Å²) in [6.07, 6.45) is 5.29. The van der Waals surface area contributed by atoms with Gasteiger partial charge in [-0.15, -0.1) is 0 Å². The molecule has 0 aromatic heterocycles. The first-order valence-electron chi connectivity index (χ1n) is 6.61. The minimum absolute atomic E-state index is 0.103. The highest BCUT2D eigenvalue weighted by Crippen LogP contribution is 2.29. The molecule has 1 aliphatic heterocycles. The molecule has 3 heteroatoms. The number of hydrogen-bond donors (Lipinski definition) is 1. The van der Waals surface area contributed by atoms with Crippen molar-refractivity contribution in [3.05, 3.63) is 11.1 Å². The van der Waals surface area contributed by atoms with Gasteiger partial charge < -0.3 is 10.1 Å². The van der Waals surface area contributed by atoms with E-state index in [1.165, 1.54) is 12.0 Å². The highest BCUT2D eigenvalue weighted by molar-refractivity contribution is 5.94. The molecule has 17 heavy (non-hydrogen) atoms. The van der Waals surface area contributed by atoms with Crippen LogP contribution in [-0.4, -0.2) is 24.2 Å². The Balaban J connectivity index is 1.90. The van der Waals surface area contributed by atoms with Crippen LogP contribution in [0.1, 0.15) is 52.9 Å². The van der Waals surface area contributed by atoms with E-state index in [2.05, 4.69) is 19.2 Å². The second-order valence-electron chi connectivity index (χ2n) is 5.85. The van der Waals surface area contributed by atoms with E-state index in [1.54, 1.807) is 0 Å². The Labute approximate surface area is 104 Å². The van der Waals surface area contributed by atoms with Crippen molar-refractivity contribution in [1.29, 1.82) is 0 Å². The van der Waals surface area contributed by atoms with Crippen molar-refractivity contribution >= 4 is 5.91 Å². The summed E-state index contributed by atoms with van der Waals surface area (Å²) in [6, 6.07) is 0.266. The van der Waals surface area contributed by atoms with E-state index >= 15 is 0 Å². The predicted octanol–water partition coefficient (Wildman–Crippen LogP) is 2.56. The Morgan fingerprint density at radius 2 is 2.12 bits per heavy atom. The zero-order valence-electron chi connectivity index (χ0n) is 11.1. The fourth-order valence-electron chi connectivity index (χ4n) is 2.54. The van der Waals surface area contributed by atoms with Crippen LogP contribution in [0.4, 0.5) is 0 Å². The third kappa shape index (κ3) is 3.09. The van der Waals surface area contributed by atoms with Gasteiger partial charge in [-0.3, -0.25) is 4.79 Å². The predicted molar refractivity (Wildman–Crippen MR) is 67.7 cm³/mol. The van der Waals surface area contributed by atoms with E-state index < -0.39 is 0 Å². The van der Waals surface area contributed by atoms with Gasteiger partial charge in [-0.2, -0.15) is 0 Å². The Hall–Kier alpha value is -0.830. The normalized spacial score (nSPS) is 27.2. The molecule has 0 bridgehead atoms. The lowest BCUT2D eigenvalue weighted by molar-refractivity contribution is -0.120. The average Bonchev–Trinajstić information content (AvgIpc) is 2.12. The Morgan fingerprint density at radius 3 is 2.65 bits per heavy atom. The van der Waals surface area contributed by atoms with Crippen LogP contribution in [0, 0.1) is 0 Å². The van der Waals surface area contributed by atoms with Crippen LogP contribution in [0.25, 0.3) is 0 Å². The number of amides is 1. The first-order valence-corrected chi connectivity index (χ1v) is 6.61. The first kappa shape index (κ1) is 12.6. The molecular weight excluding hydrogens is 214 g/mol. The Bertz CT molecular complexity index is 338. The van der Waals surface area contributed by atoms with E-state index in [0.29, 0.717) is 0 Å². The van der Waals surface area contributed by atoms with Crippen molar-refractivity contribution in [2.75, 3.05) is 6.61 Å². The van der Waals surface area contributed by atoms with Gasteiger partial charge in [-0.1, -0.05) is 5.57 Å². The second kappa shape index (κ2) is 4.81. The molecular formula is C14H23NO2. The molecule has 1 amide bonds. The average molecular weight is 237 g/mol. The molecule has 0 aromatic rings. The van der Waals surface area contributed by atoms with E-state index in [4.69, 9.17) is 4.74 Å². The molecule has 0 radical (unpaired) electrons. The molecule has 1 unspecified atom stereocenters. The summed E-state index contributed by atoms with van der Waals surface area (Å²) in [7, 11) is 0. The summed E-state index contributed by atoms with van der Waals surface area (Å²) in [5, 5.41) is 3.15. The lowest BCUT2D eigenvalue weighted by Crippen LogP contribution is -2.46. The maximum absolute atomic E-state index is 12.0. The quantitative estimate of drug-likeness (QED) is 0.750. The molecule has 2 rings (SSSR count). The van der Waals surface area contributed by atoms with Gasteiger partial charge >= 0.3 is 0 Å². The van der Waals surface area contributed by atoms with Crippen molar-refractivity contribution in [2.45, 2.75) is 64.5 Å². The van der Waals surface area contributed by atoms with Gasteiger partial charge in [0.15, 0.2) is 0 Å². The summed E-state index contributed by atoms with van der Waals surface area (Å²) < 4.78 is 5.65. The maximum Gasteiger partial charge on any atom is 0.247 e. The van der Waals surface area contributed by atoms with Gasteiger partial charge in [0.25, 0.3) is 0 Å². The fraction of sp³-hybridized carbons (Fsp3) is 0.786. The number of rotatable bonds is 2. The Morgan fingerprint density at radius 1 is 1.41 bits per heavy atom. The second-order valence-corrected chi connectivity index (χ2v) is 5.85. The van der Waals surface area contributed by atoms with Crippen molar-refractivity contribution in [3.63, 3.8) is 0 Å². The molecule has 1 aliphatic carbocycles. The van der Waals surface area contributed by atoms with Crippen molar-refractivity contribution in [3.8, 4) is 0 Å². The van der Waals surface area contributed by atoms with Gasteiger partial charge in [-0.05, 0) is 52.9 Å². The molecule has 96 valence electrons. The van der Waals surface area contributed by atoms with E-state index in [-0.39, 0.29) is 17.6 Å². The largest absolute Gasteiger partial charge is 0.375 e.